The molecule has 20 heavy (non-hydrogen) atoms. The average Bonchev–Trinajstić information content (AvgIpc) is 3.07. The van der Waals surface area contributed by atoms with Crippen molar-refractivity contribution in [2.24, 2.45) is 0 Å². The smallest absolute Gasteiger partial charge is 0.224 e. The molecule has 0 saturated carbocycles. The largest absolute Gasteiger partial charge is 0.379 e. The van der Waals surface area contributed by atoms with E-state index in [9.17, 15) is 16.8 Å². The molecule has 9 heteroatoms. The van der Waals surface area contributed by atoms with Gasteiger partial charge in [0.05, 0.1) is 25.2 Å². The maximum absolute atomic E-state index is 11.4. The molecule has 0 bridgehead atoms. The third kappa shape index (κ3) is 10.6. The van der Waals surface area contributed by atoms with Gasteiger partial charge in [-0.2, -0.15) is 0 Å². The number of rotatable bonds is 12. The van der Waals surface area contributed by atoms with Crippen molar-refractivity contribution in [2.75, 3.05) is 31.8 Å². The summed E-state index contributed by atoms with van der Waals surface area (Å²) in [4.78, 5) is 0. The van der Waals surface area contributed by atoms with Crippen LogP contribution >= 0.6 is 0 Å². The van der Waals surface area contributed by atoms with Crippen molar-refractivity contribution in [3.8, 4) is 0 Å². The number of sulfonamides is 2. The van der Waals surface area contributed by atoms with Gasteiger partial charge < -0.3 is 9.47 Å². The lowest BCUT2D eigenvalue weighted by molar-refractivity contribution is 0.113. The van der Waals surface area contributed by atoms with E-state index in [1.807, 2.05) is 0 Å². The lowest BCUT2D eigenvalue weighted by Crippen LogP contribution is -2.31. The van der Waals surface area contributed by atoms with Gasteiger partial charge in [0.15, 0.2) is 0 Å². The summed E-state index contributed by atoms with van der Waals surface area (Å²) in [5, 5.41) is 0. The van der Waals surface area contributed by atoms with Crippen LogP contribution in [0.5, 0.6) is 0 Å². The maximum atomic E-state index is 11.4. The summed E-state index contributed by atoms with van der Waals surface area (Å²) in [5.41, 5.74) is 0. The molecule has 0 aliphatic carbocycles. The monoisotopic (exact) mass is 329 g/mol. The third-order valence-electron chi connectivity index (χ3n) is 2.69. The summed E-state index contributed by atoms with van der Waals surface area (Å²) in [7, 11) is -7.43. The third-order valence-corrected chi connectivity index (χ3v) is 5.74. The van der Waals surface area contributed by atoms with Crippen LogP contribution < -0.4 is 4.13 Å². The van der Waals surface area contributed by atoms with Gasteiger partial charge in [-0.15, -0.1) is 4.13 Å². The van der Waals surface area contributed by atoms with Crippen LogP contribution in [0.25, 0.3) is 0 Å². The number of epoxide rings is 1. The van der Waals surface area contributed by atoms with Gasteiger partial charge in [-0.3, -0.25) is 0 Å². The molecule has 1 rings (SSSR count). The molecule has 7 nitrogen and oxygen atoms in total. The first-order chi connectivity index (χ1) is 9.29. The van der Waals surface area contributed by atoms with Crippen LogP contribution in [-0.2, 0) is 29.5 Å². The van der Waals surface area contributed by atoms with Crippen molar-refractivity contribution < 1.29 is 26.3 Å². The van der Waals surface area contributed by atoms with Gasteiger partial charge in [-0.25, -0.2) is 16.8 Å². The minimum atomic E-state index is -3.72. The highest BCUT2D eigenvalue weighted by atomic mass is 32.3. The number of nitrogens with one attached hydrogen (secondary N) is 1. The highest BCUT2D eigenvalue weighted by Crippen LogP contribution is 2.09. The van der Waals surface area contributed by atoms with E-state index in [0.717, 1.165) is 38.5 Å². The number of hydrogen-bond donors (Lipinski definition) is 1. The second kappa shape index (κ2) is 8.28. The first-order valence-corrected chi connectivity index (χ1v) is 10.2. The van der Waals surface area contributed by atoms with Gasteiger partial charge in [-0.1, -0.05) is 19.3 Å². The van der Waals surface area contributed by atoms with E-state index >= 15 is 0 Å². The van der Waals surface area contributed by atoms with E-state index in [1.54, 1.807) is 4.13 Å². The fraction of sp³-hybridized carbons (Fsp3) is 1.00. The van der Waals surface area contributed by atoms with Crippen LogP contribution in [0.3, 0.4) is 0 Å². The van der Waals surface area contributed by atoms with Gasteiger partial charge in [0.1, 0.15) is 6.10 Å². The van der Waals surface area contributed by atoms with Crippen LogP contribution in [0.15, 0.2) is 0 Å². The Kier molecular flexibility index (Phi) is 7.38. The van der Waals surface area contributed by atoms with Crippen LogP contribution in [0.4, 0.5) is 0 Å². The normalized spacial score (nSPS) is 19.1. The van der Waals surface area contributed by atoms with Gasteiger partial charge in [0.25, 0.3) is 0 Å². The zero-order valence-electron chi connectivity index (χ0n) is 11.7. The molecule has 1 saturated heterocycles. The standard InChI is InChI=1S/C11H23NO6S2/c1-19(13,14)12-20(15,16)8-6-4-2-3-5-7-17-9-11-10-18-11/h11-12H,2-10H2,1H3. The minimum absolute atomic E-state index is 0.157. The molecule has 1 aliphatic rings. The molecule has 0 amide bonds. The fourth-order valence-electron chi connectivity index (χ4n) is 1.68. The first kappa shape index (κ1) is 17.8. The Morgan fingerprint density at radius 2 is 1.70 bits per heavy atom. The van der Waals surface area contributed by atoms with Crippen molar-refractivity contribution >= 4 is 20.0 Å². The zero-order valence-corrected chi connectivity index (χ0v) is 13.3. The molecule has 1 fully saturated rings. The summed E-state index contributed by atoms with van der Waals surface area (Å²) in [5.74, 6) is -0.157. The fourth-order valence-corrected chi connectivity index (χ4v) is 4.44. The number of ether oxygens (including phenoxy) is 2. The van der Waals surface area contributed by atoms with Crippen molar-refractivity contribution in [3.63, 3.8) is 0 Å². The van der Waals surface area contributed by atoms with E-state index < -0.39 is 20.0 Å². The van der Waals surface area contributed by atoms with Crippen LogP contribution in [-0.4, -0.2) is 54.8 Å². The average molecular weight is 329 g/mol. The second-order valence-corrected chi connectivity index (χ2v) is 8.82. The van der Waals surface area contributed by atoms with Gasteiger partial charge in [0.2, 0.25) is 20.0 Å². The molecular weight excluding hydrogens is 306 g/mol. The zero-order chi connectivity index (χ0) is 15.1. The summed E-state index contributed by atoms with van der Waals surface area (Å²) in [6, 6.07) is 0. The minimum Gasteiger partial charge on any atom is -0.379 e. The van der Waals surface area contributed by atoms with Gasteiger partial charge in [0, 0.05) is 6.61 Å². The van der Waals surface area contributed by atoms with Crippen LogP contribution in [0, 0.1) is 0 Å². The molecule has 0 aromatic carbocycles. The van der Waals surface area contributed by atoms with Gasteiger partial charge >= 0.3 is 0 Å². The van der Waals surface area contributed by atoms with Crippen LogP contribution in [0.2, 0.25) is 0 Å². The Hall–Kier alpha value is -0.220. The van der Waals surface area contributed by atoms with E-state index in [-0.39, 0.29) is 5.75 Å². The van der Waals surface area contributed by atoms with E-state index in [1.165, 1.54) is 0 Å². The quantitative estimate of drug-likeness (QED) is 0.406. The molecule has 120 valence electrons. The molecular formula is C11H23NO6S2. The predicted octanol–water partition coefficient (Wildman–Crippen LogP) is 0.231. The highest BCUT2D eigenvalue weighted by molar-refractivity contribution is 8.04. The Balaban J connectivity index is 1.92. The highest BCUT2D eigenvalue weighted by Gasteiger charge is 2.21. The summed E-state index contributed by atoms with van der Waals surface area (Å²) >= 11 is 0. The number of hydrogen-bond acceptors (Lipinski definition) is 6. The van der Waals surface area contributed by atoms with Crippen LogP contribution in [0.1, 0.15) is 32.1 Å². The van der Waals surface area contributed by atoms with Gasteiger partial charge in [-0.05, 0) is 12.8 Å². The molecule has 1 atom stereocenters. The lowest BCUT2D eigenvalue weighted by Gasteiger charge is -2.05. The molecule has 1 heterocycles. The maximum Gasteiger partial charge on any atom is 0.224 e. The summed E-state index contributed by atoms with van der Waals surface area (Å²) in [6.45, 7) is 2.17. The van der Waals surface area contributed by atoms with Crippen molar-refractivity contribution in [1.29, 1.82) is 0 Å². The SMILES string of the molecule is CS(=O)(=O)NS(=O)(=O)CCCCCCCOCC1CO1. The topological polar surface area (TPSA) is 102 Å². The van der Waals surface area contributed by atoms with E-state index in [0.29, 0.717) is 25.7 Å². The lowest BCUT2D eigenvalue weighted by atomic mass is 10.2. The Morgan fingerprint density at radius 1 is 1.10 bits per heavy atom. The molecule has 0 spiro atoms. The molecule has 1 N–H and O–H groups in total. The Morgan fingerprint density at radius 3 is 2.30 bits per heavy atom. The molecule has 0 radical (unpaired) electrons. The number of unbranched alkanes of at least 4 members (excludes halogenated alkanes) is 4. The molecule has 0 aromatic heterocycles. The molecule has 1 aliphatic heterocycles. The first-order valence-electron chi connectivity index (χ1n) is 6.69. The Labute approximate surface area is 121 Å². The van der Waals surface area contributed by atoms with Crippen molar-refractivity contribution in [2.45, 2.75) is 38.2 Å². The predicted molar refractivity (Wildman–Crippen MR) is 75.4 cm³/mol. The van der Waals surface area contributed by atoms with E-state index in [2.05, 4.69) is 0 Å². The van der Waals surface area contributed by atoms with E-state index in [4.69, 9.17) is 9.47 Å². The van der Waals surface area contributed by atoms with Crippen molar-refractivity contribution in [1.82, 2.24) is 4.13 Å². The summed E-state index contributed by atoms with van der Waals surface area (Å²) in [6.07, 6.45) is 5.18. The molecule has 0 aromatic rings. The molecule has 1 unspecified atom stereocenters. The Bertz CT molecular complexity index is 469. The summed E-state index contributed by atoms with van der Waals surface area (Å²) < 4.78 is 56.4. The van der Waals surface area contributed by atoms with Crippen molar-refractivity contribution in [3.05, 3.63) is 0 Å². The second-order valence-electron chi connectivity index (χ2n) is 4.97.